The molecule has 42 heteroatoms. The van der Waals surface area contributed by atoms with E-state index in [1.165, 1.54) is 45.0 Å². The van der Waals surface area contributed by atoms with Gasteiger partial charge in [-0.3, -0.25) is 91.1 Å². The fraction of sp³-hybridized carbons (Fsp3) is 0.609. The van der Waals surface area contributed by atoms with E-state index in [4.69, 9.17) is 22.3 Å². The number of amides is 16. The summed E-state index contributed by atoms with van der Waals surface area (Å²) in [7, 11) is 0. The lowest BCUT2D eigenvalue weighted by atomic mass is 9.99. The Labute approximate surface area is 608 Å². The smallest absolute Gasteiger partial charge is 0.305 e. The Hall–Kier alpha value is -11.2. The molecule has 26 N–H and O–H groups in total. The third-order valence-electron chi connectivity index (χ3n) is 15.2. The quantitative estimate of drug-likeness (QED) is 0.0288. The molecule has 0 aliphatic rings. The first-order valence-electron chi connectivity index (χ1n) is 33.5. The Morgan fingerprint density at radius 3 is 1.19 bits per heavy atom. The number of aliphatic hydroxyl groups is 2. The van der Waals surface area contributed by atoms with Crippen LogP contribution in [0, 0.1) is 23.7 Å². The van der Waals surface area contributed by atoms with E-state index in [0.29, 0.717) is 5.56 Å². The Morgan fingerprint density at radius 1 is 0.368 bits per heavy atom. The van der Waals surface area contributed by atoms with Crippen molar-refractivity contribution in [1.82, 2.24) is 74.4 Å². The van der Waals surface area contributed by atoms with E-state index in [1.807, 2.05) is 0 Å². The monoisotopic (exact) mass is 1510 g/mol. The Kier molecular flexibility index (Phi) is 40.7. The standard InChI is InChI=1S/C64H101N17O25/c1-28(2)18-38(76-58(100)40(20-33-10-12-34(84)13-11-33)78-62(104)43(27-83)73-47(88)25-70-63(105)51(30(5)6)80-54(96)35(65)21-49(91)92)57(99)74-36(15-17-48(89)90)55(97)69-24-46(87)72-42(26-82)61(103)75-37(14-16-44(66)85)56(98)79-41(22-50(93)94)59(101)77-39(19-29(3)4)60(102)81-52(31(7)8)64(106)71-32(9)53(95)68-23-45(67)86/h10-13,28-32,35-43,51-52,82-84H,14-27,65H2,1-9H3,(H2,66,85)(H2,67,86)(H,68,95)(H,69,97)(H,70,105)(H,71,106)(H,72,87)(H,73,88)(H,74,99)(H,75,103)(H,76,100)(H,77,101)(H,78,104)(H,79,98)(H,80,96)(H,81,102)(H,89,90)(H,91,92)(H,93,94)/t32-,35-,36-,37-,38-,39-,40-,41-,42-,43-,51-,52-/m0/s1. The summed E-state index contributed by atoms with van der Waals surface area (Å²) in [5.41, 5.74) is 16.3. The molecular formula is C64H101N17O25. The minimum absolute atomic E-state index is 0.137. The lowest BCUT2D eigenvalue weighted by Crippen LogP contribution is -2.61. The largest absolute Gasteiger partial charge is 0.508 e. The number of aliphatic carboxylic acids is 3. The van der Waals surface area contributed by atoms with Gasteiger partial charge in [-0.15, -0.1) is 0 Å². The van der Waals surface area contributed by atoms with Crippen molar-refractivity contribution in [3.05, 3.63) is 29.8 Å². The molecule has 0 aliphatic carbocycles. The topological polar surface area (TPSA) is 692 Å². The number of benzene rings is 1. The summed E-state index contributed by atoms with van der Waals surface area (Å²) in [5, 5.41) is 90.7. The van der Waals surface area contributed by atoms with Gasteiger partial charge in [-0.25, -0.2) is 0 Å². The van der Waals surface area contributed by atoms with Crippen LogP contribution in [-0.2, 0) is 97.5 Å². The van der Waals surface area contributed by atoms with E-state index in [9.17, 15) is 117 Å². The Balaban J connectivity index is 3.42. The third-order valence-corrected chi connectivity index (χ3v) is 15.2. The highest BCUT2D eigenvalue weighted by atomic mass is 16.4. The van der Waals surface area contributed by atoms with Gasteiger partial charge in [0.2, 0.25) is 94.5 Å². The minimum Gasteiger partial charge on any atom is -0.508 e. The van der Waals surface area contributed by atoms with Gasteiger partial charge in [0.1, 0.15) is 72.2 Å². The van der Waals surface area contributed by atoms with Crippen LogP contribution in [0.1, 0.15) is 119 Å². The summed E-state index contributed by atoms with van der Waals surface area (Å²) >= 11 is 0. The Morgan fingerprint density at radius 2 is 0.745 bits per heavy atom. The number of carbonyl (C=O) groups is 19. The van der Waals surface area contributed by atoms with Crippen molar-refractivity contribution in [3.8, 4) is 5.75 Å². The predicted octanol–water partition coefficient (Wildman–Crippen LogP) is -9.08. The van der Waals surface area contributed by atoms with Crippen LogP contribution in [0.3, 0.4) is 0 Å². The average Bonchev–Trinajstić information content (AvgIpc) is 0.861. The number of nitrogens with one attached hydrogen (secondary N) is 14. The van der Waals surface area contributed by atoms with Gasteiger partial charge in [0, 0.05) is 19.3 Å². The first-order chi connectivity index (χ1) is 49.4. The third kappa shape index (κ3) is 35.8. The number of hydrogen-bond donors (Lipinski definition) is 23. The van der Waals surface area contributed by atoms with Crippen LogP contribution in [0.15, 0.2) is 24.3 Å². The molecule has 1 aromatic carbocycles. The fourth-order valence-corrected chi connectivity index (χ4v) is 9.60. The van der Waals surface area contributed by atoms with Crippen molar-refractivity contribution < 1.29 is 122 Å². The maximum Gasteiger partial charge on any atom is 0.305 e. The van der Waals surface area contributed by atoms with Gasteiger partial charge in [0.05, 0.1) is 51.7 Å². The number of rotatable bonds is 49. The molecule has 1 rings (SSSR count). The number of carbonyl (C=O) groups excluding carboxylic acids is 16. The fourth-order valence-electron chi connectivity index (χ4n) is 9.60. The molecule has 42 nitrogen and oxygen atoms in total. The van der Waals surface area contributed by atoms with Crippen LogP contribution in [0.25, 0.3) is 0 Å². The van der Waals surface area contributed by atoms with Crippen molar-refractivity contribution in [2.24, 2.45) is 40.9 Å². The second kappa shape index (κ2) is 46.5. The molecule has 0 spiro atoms. The van der Waals surface area contributed by atoms with Gasteiger partial charge >= 0.3 is 17.9 Å². The molecule has 592 valence electrons. The van der Waals surface area contributed by atoms with Gasteiger partial charge in [0.25, 0.3) is 0 Å². The lowest BCUT2D eigenvalue weighted by Gasteiger charge is -2.28. The van der Waals surface area contributed by atoms with Crippen LogP contribution in [0.5, 0.6) is 5.75 Å². The molecule has 12 atom stereocenters. The van der Waals surface area contributed by atoms with Crippen molar-refractivity contribution in [2.75, 3.05) is 32.8 Å². The molecule has 106 heavy (non-hydrogen) atoms. The maximum atomic E-state index is 14.3. The van der Waals surface area contributed by atoms with E-state index in [2.05, 4.69) is 74.4 Å². The van der Waals surface area contributed by atoms with Crippen LogP contribution >= 0.6 is 0 Å². The van der Waals surface area contributed by atoms with Gasteiger partial charge < -0.3 is 122 Å². The van der Waals surface area contributed by atoms with Crippen molar-refractivity contribution >= 4 is 112 Å². The number of aromatic hydroxyl groups is 1. The molecule has 0 bridgehead atoms. The van der Waals surface area contributed by atoms with Gasteiger partial charge in [-0.05, 0) is 74.0 Å². The zero-order valence-electron chi connectivity index (χ0n) is 60.1. The maximum absolute atomic E-state index is 14.3. The summed E-state index contributed by atoms with van der Waals surface area (Å²) in [6.07, 6.45) is -5.37. The van der Waals surface area contributed by atoms with Crippen molar-refractivity contribution in [1.29, 1.82) is 0 Å². The number of phenolic OH excluding ortho intramolecular Hbond substituents is 1. The van der Waals surface area contributed by atoms with Crippen LogP contribution in [-0.4, -0.2) is 248 Å². The van der Waals surface area contributed by atoms with Crippen LogP contribution < -0.4 is 91.6 Å². The van der Waals surface area contributed by atoms with E-state index >= 15 is 0 Å². The zero-order chi connectivity index (χ0) is 81.0. The van der Waals surface area contributed by atoms with E-state index in [1.54, 1.807) is 41.5 Å². The highest BCUT2D eigenvalue weighted by Crippen LogP contribution is 2.15. The van der Waals surface area contributed by atoms with Gasteiger partial charge in [0.15, 0.2) is 0 Å². The number of phenols is 1. The number of aliphatic hydroxyl groups excluding tert-OH is 2. The summed E-state index contributed by atoms with van der Waals surface area (Å²) in [6, 6.07) is -14.5. The molecule has 0 unspecified atom stereocenters. The first-order valence-corrected chi connectivity index (χ1v) is 33.5. The molecular weight excluding hydrogens is 1410 g/mol. The molecule has 0 aromatic heterocycles. The minimum atomic E-state index is -2.04. The summed E-state index contributed by atoms with van der Waals surface area (Å²) in [4.78, 5) is 247. The molecule has 1 aromatic rings. The predicted molar refractivity (Wildman–Crippen MR) is 367 cm³/mol. The molecule has 0 saturated carbocycles. The summed E-state index contributed by atoms with van der Waals surface area (Å²) in [5.74, 6) is -24.1. The lowest BCUT2D eigenvalue weighted by molar-refractivity contribution is -0.142. The number of carboxylic acids is 3. The highest BCUT2D eigenvalue weighted by molar-refractivity contribution is 6.01. The number of hydrogen-bond acceptors (Lipinski definition) is 23. The molecule has 0 heterocycles. The summed E-state index contributed by atoms with van der Waals surface area (Å²) < 4.78 is 0. The van der Waals surface area contributed by atoms with Crippen LogP contribution in [0.4, 0.5) is 0 Å². The molecule has 16 amide bonds. The molecule has 0 fully saturated rings. The summed E-state index contributed by atoms with van der Waals surface area (Å²) in [6.45, 7) is 9.18. The van der Waals surface area contributed by atoms with Crippen molar-refractivity contribution in [3.63, 3.8) is 0 Å². The SMILES string of the molecule is CC(C)C[C@H](NC(=O)[C@H](Cc1ccc(O)cc1)NC(=O)[C@H](CO)NC(=O)CNC(=O)[C@@H](NC(=O)[C@@H](N)CC(=O)O)C(C)C)C(=O)N[C@@H](CCC(=O)O)C(=O)NCC(=O)N[C@@H](CO)C(=O)N[C@@H](CCC(N)=O)C(=O)N[C@@H](CC(=O)O)C(=O)N[C@@H](CC(C)C)C(=O)N[C@H](C(=O)N[C@@H](C)C(=O)NCC(N)=O)C(C)C. The second-order valence-electron chi connectivity index (χ2n) is 26.2. The number of primary amides is 2. The second-order valence-corrected chi connectivity index (χ2v) is 26.2. The number of nitrogens with two attached hydrogens (primary N) is 3. The molecule has 0 radical (unpaired) electrons. The zero-order valence-corrected chi connectivity index (χ0v) is 60.1. The van der Waals surface area contributed by atoms with Crippen molar-refractivity contribution in [2.45, 2.75) is 193 Å². The average molecular weight is 1510 g/mol. The van der Waals surface area contributed by atoms with E-state index in [0.717, 1.165) is 0 Å². The first kappa shape index (κ1) is 92.8. The molecule has 0 saturated heterocycles. The van der Waals surface area contributed by atoms with E-state index < -0.39 is 274 Å². The number of carboxylic acid groups (broad SMARTS) is 3. The van der Waals surface area contributed by atoms with Gasteiger partial charge in [-0.2, -0.15) is 0 Å². The normalized spacial score (nSPS) is 14.5. The van der Waals surface area contributed by atoms with Crippen LogP contribution in [0.2, 0.25) is 0 Å². The Bertz CT molecular complexity index is 3300. The van der Waals surface area contributed by atoms with Gasteiger partial charge in [-0.1, -0.05) is 67.5 Å². The molecule has 0 aliphatic heterocycles. The highest BCUT2D eigenvalue weighted by Gasteiger charge is 2.38. The van der Waals surface area contributed by atoms with E-state index in [-0.39, 0.29) is 30.9 Å².